The van der Waals surface area contributed by atoms with Crippen molar-refractivity contribution in [3.8, 4) is 0 Å². The highest BCUT2D eigenvalue weighted by atomic mass is 32.1. The van der Waals surface area contributed by atoms with E-state index in [4.69, 9.17) is 0 Å². The smallest absolute Gasteiger partial charge is 0.00697 e. The maximum Gasteiger partial charge on any atom is 0.00697 e. The first kappa shape index (κ1) is 19.0. The molecule has 0 unspecified atom stereocenters. The molecule has 1 nitrogen and oxygen atoms in total. The predicted molar refractivity (Wildman–Crippen MR) is 69.0 cm³/mol. The van der Waals surface area contributed by atoms with Crippen LogP contribution in [0, 0.1) is 0 Å². The molecule has 2 heteroatoms. The molecule has 13 heavy (non-hydrogen) atoms. The highest BCUT2D eigenvalue weighted by molar-refractivity contribution is 7.80. The van der Waals surface area contributed by atoms with Gasteiger partial charge >= 0.3 is 0 Å². The lowest BCUT2D eigenvalue weighted by Gasteiger charge is -2.17. The van der Waals surface area contributed by atoms with E-state index in [-0.39, 0.29) is 0 Å². The van der Waals surface area contributed by atoms with Crippen molar-refractivity contribution >= 4 is 12.6 Å². The fourth-order valence-corrected chi connectivity index (χ4v) is 1.17. The molecule has 0 atom stereocenters. The number of thiol groups is 1. The van der Waals surface area contributed by atoms with Gasteiger partial charge in [-0.3, -0.25) is 0 Å². The molecule has 0 aliphatic heterocycles. The van der Waals surface area contributed by atoms with Gasteiger partial charge in [0.25, 0.3) is 0 Å². The van der Waals surface area contributed by atoms with E-state index >= 15 is 0 Å². The van der Waals surface area contributed by atoms with Crippen LogP contribution in [0.4, 0.5) is 0 Å². The van der Waals surface area contributed by atoms with Crippen LogP contribution in [-0.4, -0.2) is 30.3 Å². The Hall–Kier alpha value is 0.310. The molecule has 0 spiro atoms. The third-order valence-electron chi connectivity index (χ3n) is 1.40. The van der Waals surface area contributed by atoms with E-state index in [9.17, 15) is 0 Å². The first-order valence-corrected chi connectivity index (χ1v) is 6.31. The van der Waals surface area contributed by atoms with Crippen molar-refractivity contribution in [2.75, 3.05) is 25.4 Å². The van der Waals surface area contributed by atoms with E-state index in [1.165, 1.54) is 13.0 Å². The van der Waals surface area contributed by atoms with Crippen LogP contribution in [0.15, 0.2) is 0 Å². The van der Waals surface area contributed by atoms with E-state index in [0.29, 0.717) is 0 Å². The van der Waals surface area contributed by atoms with Crippen molar-refractivity contribution in [1.29, 1.82) is 0 Å². The predicted octanol–water partition coefficient (Wildman–Crippen LogP) is 3.70. The molecular weight excluding hydrogens is 178 g/mol. The minimum Gasteiger partial charge on any atom is -0.303 e. The zero-order valence-corrected chi connectivity index (χ0v) is 11.3. The van der Waals surface area contributed by atoms with Gasteiger partial charge in [0.15, 0.2) is 0 Å². The molecule has 0 heterocycles. The SMILES string of the molecule is CC.CC.CCCN(CC)CCS. The highest BCUT2D eigenvalue weighted by Crippen LogP contribution is 1.90. The van der Waals surface area contributed by atoms with Gasteiger partial charge in [-0.2, -0.15) is 12.6 Å². The van der Waals surface area contributed by atoms with Gasteiger partial charge in [0.1, 0.15) is 0 Å². The number of rotatable bonds is 5. The van der Waals surface area contributed by atoms with Crippen LogP contribution in [0.25, 0.3) is 0 Å². The molecule has 0 fully saturated rings. The van der Waals surface area contributed by atoms with Crippen LogP contribution in [0.1, 0.15) is 48.0 Å². The highest BCUT2D eigenvalue weighted by Gasteiger charge is 1.96. The average molecular weight is 207 g/mol. The third-order valence-corrected chi connectivity index (χ3v) is 1.60. The second kappa shape index (κ2) is 22.8. The Bertz CT molecular complexity index is 52.1. The first-order chi connectivity index (χ1) is 6.35. The van der Waals surface area contributed by atoms with Gasteiger partial charge in [0.05, 0.1) is 0 Å². The van der Waals surface area contributed by atoms with E-state index in [0.717, 1.165) is 18.8 Å². The molecule has 84 valence electrons. The van der Waals surface area contributed by atoms with Crippen LogP contribution in [0.2, 0.25) is 0 Å². The quantitative estimate of drug-likeness (QED) is 0.673. The molecule has 0 rings (SSSR count). The lowest BCUT2D eigenvalue weighted by molar-refractivity contribution is 0.307. The van der Waals surface area contributed by atoms with Crippen molar-refractivity contribution in [2.45, 2.75) is 48.0 Å². The summed E-state index contributed by atoms with van der Waals surface area (Å²) in [6.07, 6.45) is 1.25. The van der Waals surface area contributed by atoms with Gasteiger partial charge in [-0.15, -0.1) is 0 Å². The normalized spacial score (nSPS) is 8.31. The Morgan fingerprint density at radius 3 is 1.62 bits per heavy atom. The molecule has 0 N–H and O–H groups in total. The van der Waals surface area contributed by atoms with E-state index in [1.54, 1.807) is 0 Å². The van der Waals surface area contributed by atoms with Gasteiger partial charge in [-0.05, 0) is 19.5 Å². The largest absolute Gasteiger partial charge is 0.303 e. The summed E-state index contributed by atoms with van der Waals surface area (Å²) in [5.74, 6) is 0.980. The maximum atomic E-state index is 4.17. The molecule has 0 aromatic carbocycles. The van der Waals surface area contributed by atoms with Gasteiger partial charge in [0, 0.05) is 12.3 Å². The lowest BCUT2D eigenvalue weighted by Crippen LogP contribution is -2.26. The summed E-state index contributed by atoms with van der Waals surface area (Å²) < 4.78 is 0. The summed E-state index contributed by atoms with van der Waals surface area (Å²) in [5.41, 5.74) is 0. The average Bonchev–Trinajstić information content (AvgIpc) is 2.23. The minimum absolute atomic E-state index is 0.980. The van der Waals surface area contributed by atoms with Crippen molar-refractivity contribution in [3.05, 3.63) is 0 Å². The maximum absolute atomic E-state index is 4.17. The van der Waals surface area contributed by atoms with E-state index in [1.807, 2.05) is 27.7 Å². The molecule has 0 saturated carbocycles. The molecular formula is C11H29NS. The summed E-state index contributed by atoms with van der Waals surface area (Å²) in [6.45, 7) is 15.9. The monoisotopic (exact) mass is 207 g/mol. The zero-order chi connectivity index (χ0) is 11.1. The summed E-state index contributed by atoms with van der Waals surface area (Å²) in [4.78, 5) is 2.41. The van der Waals surface area contributed by atoms with Gasteiger partial charge < -0.3 is 4.90 Å². The van der Waals surface area contributed by atoms with Gasteiger partial charge in [-0.1, -0.05) is 41.5 Å². The van der Waals surface area contributed by atoms with Crippen molar-refractivity contribution < 1.29 is 0 Å². The molecule has 0 aromatic heterocycles. The second-order valence-electron chi connectivity index (χ2n) is 2.16. The van der Waals surface area contributed by atoms with E-state index < -0.39 is 0 Å². The molecule has 0 bridgehead atoms. The summed E-state index contributed by atoms with van der Waals surface area (Å²) >= 11 is 4.17. The lowest BCUT2D eigenvalue weighted by atomic mass is 10.4. The molecule has 0 aliphatic carbocycles. The van der Waals surface area contributed by atoms with Gasteiger partial charge in [-0.25, -0.2) is 0 Å². The fourth-order valence-electron chi connectivity index (χ4n) is 0.886. The van der Waals surface area contributed by atoms with Crippen LogP contribution in [-0.2, 0) is 0 Å². The van der Waals surface area contributed by atoms with E-state index in [2.05, 4.69) is 31.4 Å². The fraction of sp³-hybridized carbons (Fsp3) is 1.00. The summed E-state index contributed by atoms with van der Waals surface area (Å²) in [5, 5.41) is 0. The molecule has 0 aliphatic rings. The molecule has 0 saturated heterocycles. The Kier molecular flexibility index (Phi) is 33.3. The zero-order valence-electron chi connectivity index (χ0n) is 10.4. The van der Waals surface area contributed by atoms with Crippen LogP contribution in [0.5, 0.6) is 0 Å². The summed E-state index contributed by atoms with van der Waals surface area (Å²) in [7, 11) is 0. The Morgan fingerprint density at radius 2 is 1.38 bits per heavy atom. The molecule has 0 radical (unpaired) electrons. The number of hydrogen-bond donors (Lipinski definition) is 1. The third kappa shape index (κ3) is 18.9. The molecule has 0 aromatic rings. The molecule has 0 amide bonds. The first-order valence-electron chi connectivity index (χ1n) is 5.68. The minimum atomic E-state index is 0.980. The standard InChI is InChI=1S/C7H17NS.2C2H6/c1-3-5-8(4-2)6-7-9;2*1-2/h9H,3-7H2,1-2H3;2*1-2H3. The van der Waals surface area contributed by atoms with Crippen molar-refractivity contribution in [1.82, 2.24) is 4.90 Å². The van der Waals surface area contributed by atoms with Gasteiger partial charge in [0.2, 0.25) is 0 Å². The van der Waals surface area contributed by atoms with Crippen molar-refractivity contribution in [3.63, 3.8) is 0 Å². The number of nitrogens with zero attached hydrogens (tertiary/aromatic N) is 1. The second-order valence-corrected chi connectivity index (χ2v) is 2.61. The van der Waals surface area contributed by atoms with Crippen LogP contribution < -0.4 is 0 Å². The topological polar surface area (TPSA) is 3.24 Å². The Balaban J connectivity index is -0.000000218. The summed E-state index contributed by atoms with van der Waals surface area (Å²) in [6, 6.07) is 0. The van der Waals surface area contributed by atoms with Crippen molar-refractivity contribution in [2.24, 2.45) is 0 Å². The number of hydrogen-bond acceptors (Lipinski definition) is 2. The Labute approximate surface area is 91.3 Å². The van der Waals surface area contributed by atoms with Crippen LogP contribution >= 0.6 is 12.6 Å². The van der Waals surface area contributed by atoms with Crippen LogP contribution in [0.3, 0.4) is 0 Å². The Morgan fingerprint density at radius 1 is 0.923 bits per heavy atom.